The Morgan fingerprint density at radius 1 is 0.893 bits per heavy atom. The van der Waals surface area contributed by atoms with E-state index in [1.165, 1.54) is 0 Å². The van der Waals surface area contributed by atoms with E-state index in [-0.39, 0.29) is 5.91 Å². The molecule has 5 nitrogen and oxygen atoms in total. The molecule has 2 aromatic carbocycles. The van der Waals surface area contributed by atoms with Crippen LogP contribution in [0.15, 0.2) is 85.3 Å². The minimum absolute atomic E-state index is 0.173. The van der Waals surface area contributed by atoms with E-state index in [1.807, 2.05) is 66.7 Å². The Morgan fingerprint density at radius 3 is 2.64 bits per heavy atom. The van der Waals surface area contributed by atoms with Gasteiger partial charge in [-0.2, -0.15) is 0 Å². The third-order valence-electron chi connectivity index (χ3n) is 4.77. The fourth-order valence-electron chi connectivity index (χ4n) is 3.37. The number of anilines is 2. The molecule has 5 heteroatoms. The standard InChI is InChI=1S/C23H16N4O/c28-23-19(14-25-20-10-4-8-16-9-5-11-24-21(16)20)18-12-17(13-26-22(18)27-23)15-6-2-1-3-7-15/h1-14,25H,(H,26,27,28). The van der Waals surface area contributed by atoms with Gasteiger partial charge in [-0.1, -0.05) is 48.5 Å². The van der Waals surface area contributed by atoms with E-state index in [1.54, 1.807) is 18.6 Å². The van der Waals surface area contributed by atoms with Crippen molar-refractivity contribution in [3.05, 3.63) is 90.9 Å². The number of aromatic nitrogens is 2. The first-order chi connectivity index (χ1) is 13.8. The van der Waals surface area contributed by atoms with Gasteiger partial charge < -0.3 is 10.6 Å². The average molecular weight is 364 g/mol. The van der Waals surface area contributed by atoms with Gasteiger partial charge in [-0.05, 0) is 23.8 Å². The number of hydrogen-bond donors (Lipinski definition) is 2. The van der Waals surface area contributed by atoms with Gasteiger partial charge in [-0.15, -0.1) is 0 Å². The Kier molecular flexibility index (Phi) is 3.84. The molecular formula is C23H16N4O. The maximum Gasteiger partial charge on any atom is 0.259 e. The molecule has 28 heavy (non-hydrogen) atoms. The molecule has 1 aliphatic heterocycles. The summed E-state index contributed by atoms with van der Waals surface area (Å²) < 4.78 is 0. The molecule has 3 heterocycles. The number of carbonyl (C=O) groups is 1. The van der Waals surface area contributed by atoms with Crippen molar-refractivity contribution in [2.24, 2.45) is 0 Å². The zero-order chi connectivity index (χ0) is 18.9. The highest BCUT2D eigenvalue weighted by Gasteiger charge is 2.26. The summed E-state index contributed by atoms with van der Waals surface area (Å²) in [6.07, 6.45) is 5.26. The van der Waals surface area contributed by atoms with Crippen LogP contribution in [0, 0.1) is 0 Å². The number of hydrogen-bond acceptors (Lipinski definition) is 4. The Morgan fingerprint density at radius 2 is 1.75 bits per heavy atom. The van der Waals surface area contributed by atoms with Crippen molar-refractivity contribution in [1.29, 1.82) is 0 Å². The Labute approximate surface area is 161 Å². The van der Waals surface area contributed by atoms with E-state index in [0.717, 1.165) is 33.3 Å². The van der Waals surface area contributed by atoms with Crippen LogP contribution in [-0.4, -0.2) is 15.9 Å². The van der Waals surface area contributed by atoms with Gasteiger partial charge in [0.05, 0.1) is 16.8 Å². The number of rotatable bonds is 3. The van der Waals surface area contributed by atoms with E-state index in [9.17, 15) is 4.79 Å². The Balaban J connectivity index is 1.54. The van der Waals surface area contributed by atoms with Gasteiger partial charge in [0.1, 0.15) is 5.82 Å². The zero-order valence-electron chi connectivity index (χ0n) is 14.9. The second-order valence-corrected chi connectivity index (χ2v) is 6.52. The zero-order valence-corrected chi connectivity index (χ0v) is 14.9. The molecule has 0 saturated carbocycles. The Bertz CT molecular complexity index is 1230. The quantitative estimate of drug-likeness (QED) is 0.517. The predicted molar refractivity (Wildman–Crippen MR) is 112 cm³/mol. The first-order valence-electron chi connectivity index (χ1n) is 8.97. The molecule has 1 aliphatic rings. The fraction of sp³-hybridized carbons (Fsp3) is 0. The molecule has 0 fully saturated rings. The van der Waals surface area contributed by atoms with Gasteiger partial charge in [0.15, 0.2) is 0 Å². The van der Waals surface area contributed by atoms with Gasteiger partial charge >= 0.3 is 0 Å². The molecule has 0 radical (unpaired) electrons. The van der Waals surface area contributed by atoms with Crippen molar-refractivity contribution < 1.29 is 4.79 Å². The SMILES string of the molecule is O=C1Nc2ncc(-c3ccccc3)cc2C1=CNc1cccc2cccnc12. The smallest absolute Gasteiger partial charge is 0.259 e. The van der Waals surface area contributed by atoms with Crippen molar-refractivity contribution in [3.8, 4) is 11.1 Å². The number of carbonyl (C=O) groups excluding carboxylic acids is 1. The van der Waals surface area contributed by atoms with Crippen LogP contribution in [0.3, 0.4) is 0 Å². The fourth-order valence-corrected chi connectivity index (χ4v) is 3.37. The summed E-state index contributed by atoms with van der Waals surface area (Å²) in [6.45, 7) is 0. The largest absolute Gasteiger partial charge is 0.359 e. The molecule has 1 amide bonds. The number of fused-ring (bicyclic) bond motifs is 2. The number of nitrogens with one attached hydrogen (secondary N) is 2. The van der Waals surface area contributed by atoms with E-state index in [4.69, 9.17) is 0 Å². The number of nitrogens with zero attached hydrogens (tertiary/aromatic N) is 2. The molecule has 0 aliphatic carbocycles. The van der Waals surface area contributed by atoms with E-state index < -0.39 is 0 Å². The summed E-state index contributed by atoms with van der Waals surface area (Å²) in [5, 5.41) is 7.11. The van der Waals surface area contributed by atoms with E-state index in [2.05, 4.69) is 20.6 Å². The number of para-hydroxylation sites is 1. The van der Waals surface area contributed by atoms with Crippen LogP contribution < -0.4 is 10.6 Å². The third kappa shape index (κ3) is 2.79. The summed E-state index contributed by atoms with van der Waals surface area (Å²) >= 11 is 0. The number of benzene rings is 2. The minimum Gasteiger partial charge on any atom is -0.359 e. The lowest BCUT2D eigenvalue weighted by molar-refractivity contribution is -0.110. The van der Waals surface area contributed by atoms with Crippen molar-refractivity contribution in [2.75, 3.05) is 10.6 Å². The van der Waals surface area contributed by atoms with Crippen LogP contribution in [-0.2, 0) is 4.79 Å². The molecule has 4 aromatic rings. The lowest BCUT2D eigenvalue weighted by Gasteiger charge is -2.07. The summed E-state index contributed by atoms with van der Waals surface area (Å²) in [7, 11) is 0. The molecule has 5 rings (SSSR count). The molecule has 0 saturated heterocycles. The van der Waals surface area contributed by atoms with Gasteiger partial charge in [0.2, 0.25) is 0 Å². The molecule has 0 bridgehead atoms. The predicted octanol–water partition coefficient (Wildman–Crippen LogP) is 4.70. The highest BCUT2D eigenvalue weighted by Crippen LogP contribution is 2.33. The van der Waals surface area contributed by atoms with Crippen molar-refractivity contribution in [1.82, 2.24) is 9.97 Å². The monoisotopic (exact) mass is 364 g/mol. The normalized spacial score (nSPS) is 14.1. The van der Waals surface area contributed by atoms with Crippen molar-refractivity contribution in [2.45, 2.75) is 0 Å². The first kappa shape index (κ1) is 16.2. The molecule has 134 valence electrons. The van der Waals surface area contributed by atoms with E-state index in [0.29, 0.717) is 11.4 Å². The minimum atomic E-state index is -0.173. The van der Waals surface area contributed by atoms with Gasteiger partial charge in [0, 0.05) is 35.1 Å². The number of amides is 1. The van der Waals surface area contributed by atoms with Crippen LogP contribution in [0.4, 0.5) is 11.5 Å². The number of pyridine rings is 2. The highest BCUT2D eigenvalue weighted by molar-refractivity contribution is 6.31. The van der Waals surface area contributed by atoms with Crippen LogP contribution in [0.1, 0.15) is 5.56 Å². The Hall–Kier alpha value is -3.99. The topological polar surface area (TPSA) is 66.9 Å². The van der Waals surface area contributed by atoms with Gasteiger partial charge in [0.25, 0.3) is 5.91 Å². The first-order valence-corrected chi connectivity index (χ1v) is 8.97. The highest BCUT2D eigenvalue weighted by atomic mass is 16.2. The molecule has 0 atom stereocenters. The third-order valence-corrected chi connectivity index (χ3v) is 4.77. The second-order valence-electron chi connectivity index (χ2n) is 6.52. The maximum absolute atomic E-state index is 12.5. The second kappa shape index (κ2) is 6.63. The molecule has 2 aromatic heterocycles. The summed E-state index contributed by atoms with van der Waals surface area (Å²) in [6, 6.07) is 21.8. The summed E-state index contributed by atoms with van der Waals surface area (Å²) in [5.74, 6) is 0.405. The summed E-state index contributed by atoms with van der Waals surface area (Å²) in [4.78, 5) is 21.4. The molecule has 0 spiro atoms. The van der Waals surface area contributed by atoms with Gasteiger partial charge in [-0.25, -0.2) is 4.98 Å². The van der Waals surface area contributed by atoms with Crippen molar-refractivity contribution >= 4 is 33.9 Å². The summed E-state index contributed by atoms with van der Waals surface area (Å²) in [5.41, 5.74) is 5.06. The lowest BCUT2D eigenvalue weighted by atomic mass is 10.0. The van der Waals surface area contributed by atoms with E-state index >= 15 is 0 Å². The molecule has 0 unspecified atom stereocenters. The lowest BCUT2D eigenvalue weighted by Crippen LogP contribution is -2.05. The molecular weight excluding hydrogens is 348 g/mol. The van der Waals surface area contributed by atoms with Crippen LogP contribution in [0.5, 0.6) is 0 Å². The van der Waals surface area contributed by atoms with Gasteiger partial charge in [-0.3, -0.25) is 9.78 Å². The van der Waals surface area contributed by atoms with Crippen LogP contribution in [0.25, 0.3) is 27.6 Å². The van der Waals surface area contributed by atoms with Crippen LogP contribution >= 0.6 is 0 Å². The van der Waals surface area contributed by atoms with Crippen LogP contribution in [0.2, 0.25) is 0 Å². The maximum atomic E-state index is 12.5. The molecule has 2 N–H and O–H groups in total. The van der Waals surface area contributed by atoms with Crippen molar-refractivity contribution in [3.63, 3.8) is 0 Å². The average Bonchev–Trinajstić information content (AvgIpc) is 3.07.